The van der Waals surface area contributed by atoms with Crippen LogP contribution in [0.1, 0.15) is 29.8 Å². The van der Waals surface area contributed by atoms with Crippen LogP contribution in [-0.4, -0.2) is 35.2 Å². The fourth-order valence-electron chi connectivity index (χ4n) is 2.41. The van der Waals surface area contributed by atoms with Crippen LogP contribution in [0.25, 0.3) is 0 Å². The van der Waals surface area contributed by atoms with E-state index in [-0.39, 0.29) is 5.91 Å². The lowest BCUT2D eigenvalue weighted by molar-refractivity contribution is -0.385. The van der Waals surface area contributed by atoms with E-state index in [4.69, 9.17) is 0 Å². The third-order valence-electron chi connectivity index (χ3n) is 3.83. The Kier molecular flexibility index (Phi) is 6.26. The largest absolute Gasteiger partial charge is 0.502 e. The van der Waals surface area contributed by atoms with Gasteiger partial charge in [-0.05, 0) is 50.2 Å². The van der Waals surface area contributed by atoms with Gasteiger partial charge >= 0.3 is 5.69 Å². The van der Waals surface area contributed by atoms with E-state index in [0.29, 0.717) is 11.1 Å². The molecule has 0 atom stereocenters. The van der Waals surface area contributed by atoms with E-state index in [1.54, 1.807) is 12.1 Å². The summed E-state index contributed by atoms with van der Waals surface area (Å²) in [7, 11) is 0. The summed E-state index contributed by atoms with van der Waals surface area (Å²) in [6.07, 6.45) is 1.27. The van der Waals surface area contributed by atoms with Gasteiger partial charge in [-0.15, -0.1) is 0 Å². The zero-order valence-corrected chi connectivity index (χ0v) is 14.5. The number of hydrogen-bond donors (Lipinski definition) is 2. The van der Waals surface area contributed by atoms with E-state index < -0.39 is 16.4 Å². The predicted octanol–water partition coefficient (Wildman–Crippen LogP) is 2.91. The van der Waals surface area contributed by atoms with Crippen molar-refractivity contribution in [2.24, 2.45) is 5.10 Å². The number of aromatic hydroxyl groups is 1. The van der Waals surface area contributed by atoms with Crippen LogP contribution in [0.4, 0.5) is 11.4 Å². The van der Waals surface area contributed by atoms with Gasteiger partial charge in [-0.2, -0.15) is 5.10 Å². The number of nitro benzene ring substituents is 1. The number of phenolic OH excluding ortho intramolecular Hbond substituents is 1. The minimum absolute atomic E-state index is 0.381. The van der Waals surface area contributed by atoms with Gasteiger partial charge in [0.1, 0.15) is 0 Å². The van der Waals surface area contributed by atoms with Crippen LogP contribution in [0.2, 0.25) is 0 Å². The molecule has 0 fully saturated rings. The van der Waals surface area contributed by atoms with Crippen LogP contribution in [0.5, 0.6) is 5.75 Å². The van der Waals surface area contributed by atoms with Gasteiger partial charge in [0.25, 0.3) is 5.91 Å². The van der Waals surface area contributed by atoms with Crippen molar-refractivity contribution in [3.05, 3.63) is 63.7 Å². The maximum atomic E-state index is 12.1. The molecule has 0 bridgehead atoms. The zero-order valence-electron chi connectivity index (χ0n) is 14.5. The van der Waals surface area contributed by atoms with E-state index in [2.05, 4.69) is 29.3 Å². The van der Waals surface area contributed by atoms with E-state index in [0.717, 1.165) is 18.8 Å². The first-order chi connectivity index (χ1) is 12.5. The number of anilines is 1. The first kappa shape index (κ1) is 18.9. The molecule has 2 N–H and O–H groups in total. The van der Waals surface area contributed by atoms with Gasteiger partial charge in [0, 0.05) is 36.0 Å². The van der Waals surface area contributed by atoms with Gasteiger partial charge < -0.3 is 10.0 Å². The zero-order chi connectivity index (χ0) is 19.1. The summed E-state index contributed by atoms with van der Waals surface area (Å²) in [5, 5.41) is 24.0. The number of rotatable bonds is 7. The highest BCUT2D eigenvalue weighted by Crippen LogP contribution is 2.25. The summed E-state index contributed by atoms with van der Waals surface area (Å²) in [5.74, 6) is -0.815. The molecule has 0 aliphatic heterocycles. The number of carbonyl (C=O) groups is 1. The van der Waals surface area contributed by atoms with Crippen molar-refractivity contribution in [2.45, 2.75) is 13.8 Å². The van der Waals surface area contributed by atoms with Crippen LogP contribution in [0.3, 0.4) is 0 Å². The highest BCUT2D eigenvalue weighted by Gasteiger charge is 2.13. The molecule has 0 saturated carbocycles. The first-order valence-electron chi connectivity index (χ1n) is 8.12. The molecule has 1 amide bonds. The minimum Gasteiger partial charge on any atom is -0.502 e. The van der Waals surface area contributed by atoms with Gasteiger partial charge in [0.15, 0.2) is 5.75 Å². The number of nitro groups is 1. The van der Waals surface area contributed by atoms with Crippen molar-refractivity contribution < 1.29 is 14.8 Å². The second-order valence-electron chi connectivity index (χ2n) is 5.42. The number of nitrogens with zero attached hydrogens (tertiary/aromatic N) is 3. The van der Waals surface area contributed by atoms with Crippen molar-refractivity contribution in [2.75, 3.05) is 18.0 Å². The molecule has 0 aromatic heterocycles. The van der Waals surface area contributed by atoms with Crippen LogP contribution in [-0.2, 0) is 0 Å². The molecule has 0 heterocycles. The van der Waals surface area contributed by atoms with Crippen molar-refractivity contribution >= 4 is 23.5 Å². The quantitative estimate of drug-likeness (QED) is 0.450. The molecule has 0 aliphatic carbocycles. The number of phenols is 1. The number of carbonyl (C=O) groups excluding carboxylic acids is 1. The van der Waals surface area contributed by atoms with Crippen LogP contribution in [0.15, 0.2) is 47.6 Å². The molecule has 2 aromatic rings. The highest BCUT2D eigenvalue weighted by molar-refractivity contribution is 5.95. The maximum Gasteiger partial charge on any atom is 0.311 e. The number of hydrazone groups is 1. The van der Waals surface area contributed by atoms with Crippen molar-refractivity contribution in [1.29, 1.82) is 0 Å². The van der Waals surface area contributed by atoms with Gasteiger partial charge in [-0.1, -0.05) is 0 Å². The second kappa shape index (κ2) is 8.61. The lowest BCUT2D eigenvalue weighted by Crippen LogP contribution is -2.22. The Morgan fingerprint density at radius 3 is 2.46 bits per heavy atom. The number of nitrogens with one attached hydrogen (secondary N) is 1. The Bertz CT molecular complexity index is 814. The van der Waals surface area contributed by atoms with Crippen molar-refractivity contribution in [3.63, 3.8) is 0 Å². The SMILES string of the molecule is CCN(CC)c1ccc(C(=O)N/N=C/c2ccc(O)c([N+](=O)[O-])c2)cc1. The average molecular weight is 356 g/mol. The summed E-state index contributed by atoms with van der Waals surface area (Å²) < 4.78 is 0. The predicted molar refractivity (Wildman–Crippen MR) is 99.8 cm³/mol. The monoisotopic (exact) mass is 356 g/mol. The molecule has 2 rings (SSSR count). The van der Waals surface area contributed by atoms with E-state index in [9.17, 15) is 20.0 Å². The average Bonchev–Trinajstić information content (AvgIpc) is 2.64. The lowest BCUT2D eigenvalue weighted by atomic mass is 10.2. The molecule has 8 nitrogen and oxygen atoms in total. The van der Waals surface area contributed by atoms with E-state index in [1.165, 1.54) is 24.4 Å². The molecule has 0 aliphatic rings. The molecule has 2 aromatic carbocycles. The first-order valence-corrected chi connectivity index (χ1v) is 8.12. The fourth-order valence-corrected chi connectivity index (χ4v) is 2.41. The maximum absolute atomic E-state index is 12.1. The third kappa shape index (κ3) is 4.56. The number of benzene rings is 2. The second-order valence-corrected chi connectivity index (χ2v) is 5.42. The van der Waals surface area contributed by atoms with E-state index in [1.807, 2.05) is 12.1 Å². The summed E-state index contributed by atoms with van der Waals surface area (Å²) in [6, 6.07) is 11.0. The fraction of sp³-hybridized carbons (Fsp3) is 0.222. The molecule has 136 valence electrons. The van der Waals surface area contributed by atoms with Gasteiger partial charge in [-0.3, -0.25) is 14.9 Å². The van der Waals surface area contributed by atoms with Gasteiger partial charge in [0.05, 0.1) is 11.1 Å². The molecular weight excluding hydrogens is 336 g/mol. The normalized spacial score (nSPS) is 10.7. The summed E-state index contributed by atoms with van der Waals surface area (Å²) >= 11 is 0. The number of hydrogen-bond acceptors (Lipinski definition) is 6. The molecule has 0 saturated heterocycles. The summed E-state index contributed by atoms with van der Waals surface area (Å²) in [5.41, 5.74) is 3.82. The molecule has 0 radical (unpaired) electrons. The highest BCUT2D eigenvalue weighted by atomic mass is 16.6. The van der Waals surface area contributed by atoms with Crippen LogP contribution >= 0.6 is 0 Å². The van der Waals surface area contributed by atoms with Crippen LogP contribution < -0.4 is 10.3 Å². The smallest absolute Gasteiger partial charge is 0.311 e. The van der Waals surface area contributed by atoms with Crippen molar-refractivity contribution in [1.82, 2.24) is 5.43 Å². The van der Waals surface area contributed by atoms with Gasteiger partial charge in [0.2, 0.25) is 0 Å². The molecule has 0 spiro atoms. The molecular formula is C18H20N4O4. The van der Waals surface area contributed by atoms with Crippen LogP contribution in [0, 0.1) is 10.1 Å². The summed E-state index contributed by atoms with van der Waals surface area (Å²) in [6.45, 7) is 5.88. The Morgan fingerprint density at radius 1 is 1.23 bits per heavy atom. The molecule has 0 unspecified atom stereocenters. The third-order valence-corrected chi connectivity index (χ3v) is 3.83. The Labute approximate surface area is 150 Å². The molecule has 8 heteroatoms. The molecule has 26 heavy (non-hydrogen) atoms. The topological polar surface area (TPSA) is 108 Å². The summed E-state index contributed by atoms with van der Waals surface area (Å²) in [4.78, 5) is 24.4. The standard InChI is InChI=1S/C18H20N4O4/c1-3-21(4-2)15-8-6-14(7-9-15)18(24)20-19-12-13-5-10-17(23)16(11-13)22(25)26/h5-12,23H,3-4H2,1-2H3,(H,20,24)/b19-12+. The van der Waals surface area contributed by atoms with E-state index >= 15 is 0 Å². The number of amides is 1. The Morgan fingerprint density at radius 2 is 1.88 bits per heavy atom. The Balaban J connectivity index is 2.03. The van der Waals surface area contributed by atoms with Crippen molar-refractivity contribution in [3.8, 4) is 5.75 Å². The minimum atomic E-state index is -0.692. The van der Waals surface area contributed by atoms with Gasteiger partial charge in [-0.25, -0.2) is 5.43 Å². The Hall–Kier alpha value is -3.42. The lowest BCUT2D eigenvalue weighted by Gasteiger charge is -2.20.